The first-order valence-electron chi connectivity index (χ1n) is 9.39. The van der Waals surface area contributed by atoms with E-state index < -0.39 is 12.1 Å². The number of alkyl halides is 3. The molecular formula is C19H31F3N4O3. The maximum absolute atomic E-state index is 12.5. The van der Waals surface area contributed by atoms with Crippen LogP contribution in [0.1, 0.15) is 48.9 Å². The largest absolute Gasteiger partial charge is 0.490 e. The molecule has 0 aromatic heterocycles. The third-order valence-electron chi connectivity index (χ3n) is 4.24. The highest BCUT2D eigenvalue weighted by atomic mass is 19.4. The molecule has 1 aromatic carbocycles. The van der Waals surface area contributed by atoms with Gasteiger partial charge in [-0.25, -0.2) is 4.79 Å². The predicted octanol–water partition coefficient (Wildman–Crippen LogP) is 2.01. The van der Waals surface area contributed by atoms with E-state index in [1.54, 1.807) is 0 Å². The summed E-state index contributed by atoms with van der Waals surface area (Å²) in [7, 11) is 0. The van der Waals surface area contributed by atoms with Crippen molar-refractivity contribution < 1.29 is 27.9 Å². The van der Waals surface area contributed by atoms with E-state index >= 15 is 0 Å². The Kier molecular flexibility index (Phi) is 12.9. The molecule has 0 fully saturated rings. The monoisotopic (exact) mass is 420 g/mol. The van der Waals surface area contributed by atoms with E-state index in [1.807, 2.05) is 30.3 Å². The summed E-state index contributed by atoms with van der Waals surface area (Å²) in [4.78, 5) is 21.4. The van der Waals surface area contributed by atoms with Crippen molar-refractivity contribution in [2.45, 2.75) is 50.2 Å². The number of nitrogens with two attached hydrogens (primary N) is 3. The van der Waals surface area contributed by atoms with Gasteiger partial charge in [-0.2, -0.15) is 13.2 Å². The van der Waals surface area contributed by atoms with Crippen LogP contribution in [0.25, 0.3) is 0 Å². The first-order valence-corrected chi connectivity index (χ1v) is 9.39. The second kappa shape index (κ2) is 13.9. The Morgan fingerprint density at radius 2 is 1.24 bits per heavy atom. The lowest BCUT2D eigenvalue weighted by atomic mass is 9.83. The molecule has 0 unspecified atom stereocenters. The Labute approximate surface area is 168 Å². The molecule has 1 amide bonds. The number of carboxylic acid groups (broad SMARTS) is 1. The minimum Gasteiger partial charge on any atom is -0.475 e. The zero-order chi connectivity index (χ0) is 22.3. The van der Waals surface area contributed by atoms with Crippen LogP contribution >= 0.6 is 0 Å². The summed E-state index contributed by atoms with van der Waals surface area (Å²) in [6, 6.07) is 9.30. The summed E-state index contributed by atoms with van der Waals surface area (Å²) in [5.74, 6) is -2.79. The summed E-state index contributed by atoms with van der Waals surface area (Å²) >= 11 is 0. The highest BCUT2D eigenvalue weighted by molar-refractivity contribution is 5.94. The van der Waals surface area contributed by atoms with Gasteiger partial charge in [0.1, 0.15) is 0 Å². The third kappa shape index (κ3) is 11.4. The fourth-order valence-electron chi connectivity index (χ4n) is 2.79. The topological polar surface area (TPSA) is 144 Å². The van der Waals surface area contributed by atoms with Crippen LogP contribution in [0.5, 0.6) is 0 Å². The van der Waals surface area contributed by atoms with E-state index in [0.29, 0.717) is 25.2 Å². The molecule has 0 saturated heterocycles. The number of hydrogen-bond donors (Lipinski definition) is 5. The fraction of sp³-hybridized carbons (Fsp3) is 0.579. The SMILES string of the molecule is NCCCC(CCCN)(CCCN)NC(=O)c1ccccc1.O=C(O)C(F)(F)F. The normalized spacial score (nSPS) is 11.4. The van der Waals surface area contributed by atoms with Gasteiger partial charge in [-0.15, -0.1) is 0 Å². The van der Waals surface area contributed by atoms with Crippen LogP contribution in [-0.4, -0.2) is 48.3 Å². The third-order valence-corrected chi connectivity index (χ3v) is 4.24. The van der Waals surface area contributed by atoms with Crippen molar-refractivity contribution in [2.75, 3.05) is 19.6 Å². The molecule has 1 aromatic rings. The number of carboxylic acids is 1. The predicted molar refractivity (Wildman–Crippen MR) is 105 cm³/mol. The molecule has 10 heteroatoms. The molecule has 0 radical (unpaired) electrons. The molecular weight excluding hydrogens is 389 g/mol. The molecule has 0 aliphatic carbocycles. The van der Waals surface area contributed by atoms with Crippen molar-refractivity contribution in [3.8, 4) is 0 Å². The van der Waals surface area contributed by atoms with Crippen LogP contribution in [-0.2, 0) is 4.79 Å². The van der Waals surface area contributed by atoms with E-state index in [1.165, 1.54) is 0 Å². The van der Waals surface area contributed by atoms with E-state index in [0.717, 1.165) is 38.5 Å². The Morgan fingerprint density at radius 3 is 1.55 bits per heavy atom. The molecule has 0 bridgehead atoms. The van der Waals surface area contributed by atoms with Crippen molar-refractivity contribution in [1.82, 2.24) is 5.32 Å². The van der Waals surface area contributed by atoms with Gasteiger partial charge in [0.2, 0.25) is 0 Å². The molecule has 166 valence electrons. The second-order valence-corrected chi connectivity index (χ2v) is 6.58. The molecule has 0 saturated carbocycles. The van der Waals surface area contributed by atoms with Crippen LogP contribution in [0.3, 0.4) is 0 Å². The number of hydrogen-bond acceptors (Lipinski definition) is 5. The van der Waals surface area contributed by atoms with E-state index in [2.05, 4.69) is 5.32 Å². The van der Waals surface area contributed by atoms with Gasteiger partial charge < -0.3 is 27.6 Å². The van der Waals surface area contributed by atoms with Crippen molar-refractivity contribution >= 4 is 11.9 Å². The van der Waals surface area contributed by atoms with Crippen LogP contribution in [0.2, 0.25) is 0 Å². The summed E-state index contributed by atoms with van der Waals surface area (Å²) in [6.45, 7) is 1.86. The van der Waals surface area contributed by atoms with Gasteiger partial charge in [0.25, 0.3) is 5.91 Å². The number of carbonyl (C=O) groups is 2. The van der Waals surface area contributed by atoms with Gasteiger partial charge in [0, 0.05) is 11.1 Å². The Balaban J connectivity index is 0.000000956. The number of amides is 1. The van der Waals surface area contributed by atoms with Crippen molar-refractivity contribution in [1.29, 1.82) is 0 Å². The Bertz CT molecular complexity index is 576. The summed E-state index contributed by atoms with van der Waals surface area (Å²) in [6.07, 6.45) is 0.144. The number of nitrogens with one attached hydrogen (secondary N) is 1. The Hall–Kier alpha value is -2.17. The summed E-state index contributed by atoms with van der Waals surface area (Å²) in [5.41, 5.74) is 17.4. The first kappa shape index (κ1) is 26.8. The van der Waals surface area contributed by atoms with Crippen molar-refractivity contribution in [3.05, 3.63) is 35.9 Å². The standard InChI is InChI=1S/C17H30N4O.C2HF3O2/c18-12-4-9-17(10-5-13-19,11-6-14-20)21-16(22)15-7-2-1-3-8-15;3-2(4,5)1(6)7/h1-3,7-8H,4-6,9-14,18-20H2,(H,21,22);(H,6,7). The maximum Gasteiger partial charge on any atom is 0.490 e. The average Bonchev–Trinajstić information content (AvgIpc) is 2.69. The molecule has 0 atom stereocenters. The minimum atomic E-state index is -5.08. The van der Waals surface area contributed by atoms with Gasteiger partial charge in [-0.3, -0.25) is 4.79 Å². The maximum atomic E-state index is 12.5. The fourth-order valence-corrected chi connectivity index (χ4v) is 2.79. The van der Waals surface area contributed by atoms with Crippen LogP contribution in [0.15, 0.2) is 30.3 Å². The van der Waals surface area contributed by atoms with Gasteiger partial charge in [-0.05, 0) is 70.3 Å². The van der Waals surface area contributed by atoms with Gasteiger partial charge in [0.05, 0.1) is 0 Å². The van der Waals surface area contributed by atoms with Crippen LogP contribution in [0, 0.1) is 0 Å². The van der Waals surface area contributed by atoms with E-state index in [9.17, 15) is 18.0 Å². The molecule has 29 heavy (non-hydrogen) atoms. The molecule has 0 aliphatic heterocycles. The Morgan fingerprint density at radius 1 is 0.862 bits per heavy atom. The summed E-state index contributed by atoms with van der Waals surface area (Å²) < 4.78 is 31.7. The first-order chi connectivity index (χ1) is 13.6. The quantitative estimate of drug-likeness (QED) is 0.370. The van der Waals surface area contributed by atoms with Gasteiger partial charge in [0.15, 0.2) is 0 Å². The molecule has 0 aliphatic rings. The molecule has 7 nitrogen and oxygen atoms in total. The molecule has 0 spiro atoms. The lowest BCUT2D eigenvalue weighted by molar-refractivity contribution is -0.192. The lowest BCUT2D eigenvalue weighted by Crippen LogP contribution is -2.49. The van der Waals surface area contributed by atoms with Crippen LogP contribution in [0.4, 0.5) is 13.2 Å². The van der Waals surface area contributed by atoms with Crippen molar-refractivity contribution in [3.63, 3.8) is 0 Å². The highest BCUT2D eigenvalue weighted by Gasteiger charge is 2.38. The smallest absolute Gasteiger partial charge is 0.475 e. The molecule has 8 N–H and O–H groups in total. The zero-order valence-electron chi connectivity index (χ0n) is 16.4. The highest BCUT2D eigenvalue weighted by Crippen LogP contribution is 2.26. The number of rotatable bonds is 11. The number of halogens is 3. The van der Waals surface area contributed by atoms with Crippen LogP contribution < -0.4 is 22.5 Å². The van der Waals surface area contributed by atoms with E-state index in [4.69, 9.17) is 27.1 Å². The molecule has 0 heterocycles. The van der Waals surface area contributed by atoms with E-state index in [-0.39, 0.29) is 11.4 Å². The van der Waals surface area contributed by atoms with Gasteiger partial charge in [-0.1, -0.05) is 18.2 Å². The number of benzene rings is 1. The van der Waals surface area contributed by atoms with Gasteiger partial charge >= 0.3 is 12.1 Å². The number of carbonyl (C=O) groups excluding carboxylic acids is 1. The number of aliphatic carboxylic acids is 1. The molecule has 1 rings (SSSR count). The average molecular weight is 420 g/mol. The second-order valence-electron chi connectivity index (χ2n) is 6.58. The zero-order valence-corrected chi connectivity index (χ0v) is 16.4. The minimum absolute atomic E-state index is 0.0355. The lowest BCUT2D eigenvalue weighted by Gasteiger charge is -2.35. The van der Waals surface area contributed by atoms with Crippen molar-refractivity contribution in [2.24, 2.45) is 17.2 Å². The summed E-state index contributed by atoms with van der Waals surface area (Å²) in [5, 5.41) is 10.4.